The molecule has 1 heterocycles. The Morgan fingerprint density at radius 1 is 1.17 bits per heavy atom. The third kappa shape index (κ3) is 2.29. The van der Waals surface area contributed by atoms with Crippen LogP contribution in [0.15, 0.2) is 24.3 Å². The van der Waals surface area contributed by atoms with Crippen molar-refractivity contribution >= 4 is 0 Å². The van der Waals surface area contributed by atoms with E-state index in [-0.39, 0.29) is 12.0 Å². The fraction of sp³-hybridized carbons (Fsp3) is 0.429. The molecular weight excluding hydrogens is 226 g/mol. The molecule has 1 aromatic heterocycles. The first-order chi connectivity index (χ1) is 8.43. The van der Waals surface area contributed by atoms with Crippen molar-refractivity contribution < 1.29 is 5.11 Å². The Morgan fingerprint density at radius 2 is 1.78 bits per heavy atom. The van der Waals surface area contributed by atoms with Crippen LogP contribution in [0, 0.1) is 6.92 Å². The van der Waals surface area contributed by atoms with Gasteiger partial charge in [-0.25, -0.2) is 4.68 Å². The summed E-state index contributed by atoms with van der Waals surface area (Å²) in [5.74, 6) is 0. The van der Waals surface area contributed by atoms with E-state index in [0.29, 0.717) is 5.69 Å². The van der Waals surface area contributed by atoms with E-state index in [1.54, 1.807) is 4.68 Å². The van der Waals surface area contributed by atoms with Crippen LogP contribution in [0.3, 0.4) is 0 Å². The smallest absolute Gasteiger partial charge is 0.111 e. The molecule has 0 fully saturated rings. The van der Waals surface area contributed by atoms with Gasteiger partial charge in [0.15, 0.2) is 0 Å². The maximum Gasteiger partial charge on any atom is 0.111 e. The Bertz CT molecular complexity index is 535. The van der Waals surface area contributed by atoms with Gasteiger partial charge in [0.25, 0.3) is 0 Å². The molecule has 2 aromatic rings. The second-order valence-corrected chi connectivity index (χ2v) is 5.49. The predicted octanol–water partition coefficient (Wildman–Crippen LogP) is 2.37. The standard InChI is InChI=1S/C14H19N3O/c1-10-13(9-18)15-16-17(10)12-7-5-11(6-8-12)14(2,3)4/h5-8,18H,9H2,1-4H3. The first-order valence-electron chi connectivity index (χ1n) is 6.06. The van der Waals surface area contributed by atoms with Gasteiger partial charge in [-0.15, -0.1) is 5.10 Å². The van der Waals surface area contributed by atoms with Gasteiger partial charge in [0.2, 0.25) is 0 Å². The summed E-state index contributed by atoms with van der Waals surface area (Å²) in [6.45, 7) is 8.39. The second kappa shape index (κ2) is 4.53. The number of hydrogen-bond donors (Lipinski definition) is 1. The van der Waals surface area contributed by atoms with Gasteiger partial charge in [0.1, 0.15) is 5.69 Å². The molecule has 0 unspecified atom stereocenters. The maximum absolute atomic E-state index is 9.11. The van der Waals surface area contributed by atoms with Crippen molar-refractivity contribution in [2.45, 2.75) is 39.7 Å². The van der Waals surface area contributed by atoms with Gasteiger partial charge >= 0.3 is 0 Å². The van der Waals surface area contributed by atoms with Crippen molar-refractivity contribution in [3.05, 3.63) is 41.2 Å². The molecule has 0 aliphatic carbocycles. The highest BCUT2D eigenvalue weighted by Gasteiger charge is 2.14. The molecule has 0 saturated carbocycles. The molecule has 1 aromatic carbocycles. The molecule has 1 N–H and O–H groups in total. The Hall–Kier alpha value is -1.68. The zero-order chi connectivity index (χ0) is 13.3. The summed E-state index contributed by atoms with van der Waals surface area (Å²) in [7, 11) is 0. The van der Waals surface area contributed by atoms with Crippen LogP contribution in [-0.4, -0.2) is 20.1 Å². The topological polar surface area (TPSA) is 50.9 Å². The van der Waals surface area contributed by atoms with Crippen LogP contribution < -0.4 is 0 Å². The summed E-state index contributed by atoms with van der Waals surface area (Å²) in [5, 5.41) is 17.1. The van der Waals surface area contributed by atoms with Gasteiger partial charge < -0.3 is 5.11 Å². The quantitative estimate of drug-likeness (QED) is 0.883. The van der Waals surface area contributed by atoms with Crippen molar-refractivity contribution in [2.75, 3.05) is 0 Å². The minimum absolute atomic E-state index is 0.0775. The zero-order valence-electron chi connectivity index (χ0n) is 11.3. The summed E-state index contributed by atoms with van der Waals surface area (Å²) in [6, 6.07) is 8.27. The minimum atomic E-state index is -0.0775. The highest BCUT2D eigenvalue weighted by Crippen LogP contribution is 2.23. The SMILES string of the molecule is Cc1c(CO)nnn1-c1ccc(C(C)(C)C)cc1. The molecule has 4 nitrogen and oxygen atoms in total. The lowest BCUT2D eigenvalue weighted by Crippen LogP contribution is -2.11. The van der Waals surface area contributed by atoms with Crippen LogP contribution in [0.25, 0.3) is 5.69 Å². The van der Waals surface area contributed by atoms with E-state index >= 15 is 0 Å². The van der Waals surface area contributed by atoms with Crippen molar-refractivity contribution in [1.82, 2.24) is 15.0 Å². The Labute approximate surface area is 107 Å². The van der Waals surface area contributed by atoms with Crippen molar-refractivity contribution in [3.8, 4) is 5.69 Å². The first kappa shape index (κ1) is 12.8. The number of rotatable bonds is 2. The second-order valence-electron chi connectivity index (χ2n) is 5.49. The Morgan fingerprint density at radius 3 is 2.22 bits per heavy atom. The summed E-state index contributed by atoms with van der Waals surface area (Å²) in [6.07, 6.45) is 0. The third-order valence-electron chi connectivity index (χ3n) is 3.12. The zero-order valence-corrected chi connectivity index (χ0v) is 11.3. The summed E-state index contributed by atoms with van der Waals surface area (Å²) >= 11 is 0. The molecule has 0 spiro atoms. The van der Waals surface area contributed by atoms with Gasteiger partial charge in [-0.1, -0.05) is 38.1 Å². The molecule has 2 rings (SSSR count). The van der Waals surface area contributed by atoms with Gasteiger partial charge in [-0.2, -0.15) is 0 Å². The first-order valence-corrected chi connectivity index (χ1v) is 6.06. The van der Waals surface area contributed by atoms with E-state index in [1.165, 1.54) is 5.56 Å². The van der Waals surface area contributed by atoms with Gasteiger partial charge in [0.05, 0.1) is 18.0 Å². The average Bonchev–Trinajstić information content (AvgIpc) is 2.69. The normalized spacial score (nSPS) is 11.8. The number of hydrogen-bond acceptors (Lipinski definition) is 3. The van der Waals surface area contributed by atoms with E-state index < -0.39 is 0 Å². The third-order valence-corrected chi connectivity index (χ3v) is 3.12. The molecule has 0 bridgehead atoms. The van der Waals surface area contributed by atoms with Crippen LogP contribution in [0.2, 0.25) is 0 Å². The van der Waals surface area contributed by atoms with Crippen molar-refractivity contribution in [3.63, 3.8) is 0 Å². The molecule has 0 saturated heterocycles. The van der Waals surface area contributed by atoms with Crippen LogP contribution in [-0.2, 0) is 12.0 Å². The molecular formula is C14H19N3O. The molecule has 18 heavy (non-hydrogen) atoms. The van der Waals surface area contributed by atoms with E-state index in [2.05, 4.69) is 43.2 Å². The van der Waals surface area contributed by atoms with Crippen LogP contribution >= 0.6 is 0 Å². The summed E-state index contributed by atoms with van der Waals surface area (Å²) < 4.78 is 1.75. The highest BCUT2D eigenvalue weighted by atomic mass is 16.3. The van der Waals surface area contributed by atoms with E-state index in [4.69, 9.17) is 5.11 Å². The van der Waals surface area contributed by atoms with Crippen LogP contribution in [0.5, 0.6) is 0 Å². The molecule has 0 amide bonds. The molecule has 0 aliphatic rings. The van der Waals surface area contributed by atoms with Gasteiger partial charge in [-0.05, 0) is 30.0 Å². The van der Waals surface area contributed by atoms with Crippen molar-refractivity contribution in [1.29, 1.82) is 0 Å². The lowest BCUT2D eigenvalue weighted by atomic mass is 9.87. The van der Waals surface area contributed by atoms with E-state index in [0.717, 1.165) is 11.4 Å². The van der Waals surface area contributed by atoms with Crippen LogP contribution in [0.4, 0.5) is 0 Å². The predicted molar refractivity (Wildman–Crippen MR) is 70.7 cm³/mol. The average molecular weight is 245 g/mol. The largest absolute Gasteiger partial charge is 0.390 e. The molecule has 4 heteroatoms. The lowest BCUT2D eigenvalue weighted by molar-refractivity contribution is 0.276. The number of benzene rings is 1. The lowest BCUT2D eigenvalue weighted by Gasteiger charge is -2.19. The molecule has 0 radical (unpaired) electrons. The summed E-state index contributed by atoms with van der Waals surface area (Å²) in [4.78, 5) is 0. The maximum atomic E-state index is 9.11. The number of aliphatic hydroxyl groups excluding tert-OH is 1. The Balaban J connectivity index is 2.37. The molecule has 96 valence electrons. The number of nitrogens with zero attached hydrogens (tertiary/aromatic N) is 3. The monoisotopic (exact) mass is 245 g/mol. The fourth-order valence-corrected chi connectivity index (χ4v) is 1.85. The van der Waals surface area contributed by atoms with Gasteiger partial charge in [0, 0.05) is 0 Å². The molecule has 0 aliphatic heterocycles. The fourth-order valence-electron chi connectivity index (χ4n) is 1.85. The summed E-state index contributed by atoms with van der Waals surface area (Å²) in [5.41, 5.74) is 3.89. The van der Waals surface area contributed by atoms with E-state index in [9.17, 15) is 0 Å². The number of aliphatic hydroxyl groups is 1. The Kier molecular flexibility index (Phi) is 3.22. The van der Waals surface area contributed by atoms with E-state index in [1.807, 2.05) is 19.1 Å². The number of aromatic nitrogens is 3. The van der Waals surface area contributed by atoms with Crippen molar-refractivity contribution in [2.24, 2.45) is 0 Å². The molecule has 0 atom stereocenters. The van der Waals surface area contributed by atoms with Gasteiger partial charge in [-0.3, -0.25) is 0 Å². The highest BCUT2D eigenvalue weighted by molar-refractivity contribution is 5.37. The minimum Gasteiger partial charge on any atom is -0.390 e. The van der Waals surface area contributed by atoms with Crippen LogP contribution in [0.1, 0.15) is 37.7 Å².